The highest BCUT2D eigenvalue weighted by atomic mass is 16.5. The van der Waals surface area contributed by atoms with Crippen LogP contribution in [0.5, 0.6) is 11.5 Å². The quantitative estimate of drug-likeness (QED) is 0.496. The molecule has 33 heavy (non-hydrogen) atoms. The SMILES string of the molecule is COc1cc(CCC(=O)N(C)C(C)c2cccc(NC(=O)c3ccccc3)c2)cc(OC)c1. The van der Waals surface area contributed by atoms with Gasteiger partial charge in [0.2, 0.25) is 5.91 Å². The summed E-state index contributed by atoms with van der Waals surface area (Å²) in [7, 11) is 5.01. The van der Waals surface area contributed by atoms with Crippen LogP contribution in [-0.4, -0.2) is 38.0 Å². The molecule has 3 rings (SSSR count). The Kier molecular flexibility index (Phi) is 8.08. The van der Waals surface area contributed by atoms with Crippen molar-refractivity contribution < 1.29 is 19.1 Å². The van der Waals surface area contributed by atoms with E-state index in [9.17, 15) is 9.59 Å². The first-order chi connectivity index (χ1) is 15.9. The van der Waals surface area contributed by atoms with Crippen LogP contribution in [-0.2, 0) is 11.2 Å². The van der Waals surface area contributed by atoms with E-state index in [-0.39, 0.29) is 17.9 Å². The first-order valence-electron chi connectivity index (χ1n) is 10.8. The molecule has 3 aromatic carbocycles. The van der Waals surface area contributed by atoms with Crippen molar-refractivity contribution in [2.75, 3.05) is 26.6 Å². The third-order valence-electron chi connectivity index (χ3n) is 5.68. The molecular formula is C27H30N2O4. The van der Waals surface area contributed by atoms with Crippen molar-refractivity contribution in [1.82, 2.24) is 4.90 Å². The van der Waals surface area contributed by atoms with Gasteiger partial charge in [-0.25, -0.2) is 0 Å². The van der Waals surface area contributed by atoms with Crippen molar-refractivity contribution in [3.05, 3.63) is 89.5 Å². The van der Waals surface area contributed by atoms with Gasteiger partial charge in [-0.3, -0.25) is 9.59 Å². The largest absolute Gasteiger partial charge is 0.497 e. The molecule has 0 spiro atoms. The predicted octanol–water partition coefficient (Wildman–Crippen LogP) is 5.11. The number of ether oxygens (including phenoxy) is 2. The van der Waals surface area contributed by atoms with E-state index < -0.39 is 0 Å². The fourth-order valence-electron chi connectivity index (χ4n) is 3.55. The van der Waals surface area contributed by atoms with Crippen molar-refractivity contribution in [2.45, 2.75) is 25.8 Å². The molecule has 2 amide bonds. The molecule has 0 saturated carbocycles. The first-order valence-corrected chi connectivity index (χ1v) is 10.8. The number of carbonyl (C=O) groups is 2. The summed E-state index contributed by atoms with van der Waals surface area (Å²) in [6.45, 7) is 1.98. The Bertz CT molecular complexity index is 1080. The normalized spacial score (nSPS) is 11.4. The van der Waals surface area contributed by atoms with Crippen LogP contribution in [0.25, 0.3) is 0 Å². The molecule has 0 bridgehead atoms. The van der Waals surface area contributed by atoms with Gasteiger partial charge >= 0.3 is 0 Å². The minimum absolute atomic E-state index is 0.0306. The third kappa shape index (κ3) is 6.35. The van der Waals surface area contributed by atoms with Crippen molar-refractivity contribution >= 4 is 17.5 Å². The highest BCUT2D eigenvalue weighted by molar-refractivity contribution is 6.04. The number of rotatable bonds is 9. The summed E-state index contributed by atoms with van der Waals surface area (Å²) in [4.78, 5) is 27.1. The number of benzene rings is 3. The molecule has 6 nitrogen and oxygen atoms in total. The van der Waals surface area contributed by atoms with E-state index in [1.807, 2.05) is 67.6 Å². The molecule has 0 aliphatic carbocycles. The number of methoxy groups -OCH3 is 2. The van der Waals surface area contributed by atoms with Gasteiger partial charge in [-0.2, -0.15) is 0 Å². The zero-order valence-electron chi connectivity index (χ0n) is 19.5. The molecule has 0 saturated heterocycles. The molecule has 1 atom stereocenters. The van der Waals surface area contributed by atoms with E-state index in [1.165, 1.54) is 0 Å². The standard InChI is InChI=1S/C27H30N2O4/c1-19(22-11-8-12-23(17-22)28-27(31)21-9-6-5-7-10-21)29(2)26(30)14-13-20-15-24(32-3)18-25(16-20)33-4/h5-12,15-19H,13-14H2,1-4H3,(H,28,31). The third-order valence-corrected chi connectivity index (χ3v) is 5.68. The van der Waals surface area contributed by atoms with Gasteiger partial charge in [0, 0.05) is 30.8 Å². The van der Waals surface area contributed by atoms with Crippen LogP contribution in [0.2, 0.25) is 0 Å². The van der Waals surface area contributed by atoms with Gasteiger partial charge in [0.25, 0.3) is 5.91 Å². The summed E-state index contributed by atoms with van der Waals surface area (Å²) in [6, 6.07) is 22.1. The van der Waals surface area contributed by atoms with Gasteiger partial charge in [-0.1, -0.05) is 30.3 Å². The van der Waals surface area contributed by atoms with Gasteiger partial charge in [0.15, 0.2) is 0 Å². The van der Waals surface area contributed by atoms with Gasteiger partial charge < -0.3 is 19.7 Å². The molecule has 0 aromatic heterocycles. The summed E-state index contributed by atoms with van der Waals surface area (Å²) in [5.74, 6) is 1.27. The Morgan fingerprint density at radius 1 is 0.909 bits per heavy atom. The average Bonchev–Trinajstić information content (AvgIpc) is 2.86. The van der Waals surface area contributed by atoms with Crippen molar-refractivity contribution in [3.8, 4) is 11.5 Å². The van der Waals surface area contributed by atoms with Gasteiger partial charge in [0.05, 0.1) is 20.3 Å². The number of amides is 2. The molecule has 0 fully saturated rings. The molecule has 0 aliphatic heterocycles. The molecular weight excluding hydrogens is 416 g/mol. The van der Waals surface area contributed by atoms with E-state index in [1.54, 1.807) is 38.3 Å². The zero-order chi connectivity index (χ0) is 23.8. The molecule has 1 N–H and O–H groups in total. The van der Waals surface area contributed by atoms with Crippen LogP contribution < -0.4 is 14.8 Å². The maximum atomic E-state index is 12.9. The van der Waals surface area contributed by atoms with Crippen molar-refractivity contribution in [3.63, 3.8) is 0 Å². The maximum Gasteiger partial charge on any atom is 0.255 e. The minimum Gasteiger partial charge on any atom is -0.497 e. The lowest BCUT2D eigenvalue weighted by atomic mass is 10.0. The second-order valence-electron chi connectivity index (χ2n) is 7.85. The molecule has 172 valence electrons. The fraction of sp³-hybridized carbons (Fsp3) is 0.259. The Morgan fingerprint density at radius 2 is 1.58 bits per heavy atom. The van der Waals surface area contributed by atoms with Crippen LogP contribution in [0.15, 0.2) is 72.8 Å². The summed E-state index contributed by atoms with van der Waals surface area (Å²) in [5.41, 5.74) is 3.21. The molecule has 0 radical (unpaired) electrons. The highest BCUT2D eigenvalue weighted by Gasteiger charge is 2.18. The molecule has 1 unspecified atom stereocenters. The Morgan fingerprint density at radius 3 is 2.21 bits per heavy atom. The van der Waals surface area contributed by atoms with E-state index in [0.717, 1.165) is 11.1 Å². The number of aryl methyl sites for hydroxylation is 1. The summed E-state index contributed by atoms with van der Waals surface area (Å²) >= 11 is 0. The summed E-state index contributed by atoms with van der Waals surface area (Å²) in [6.07, 6.45) is 0.943. The lowest BCUT2D eigenvalue weighted by molar-refractivity contribution is -0.131. The fourth-order valence-corrected chi connectivity index (χ4v) is 3.55. The number of nitrogens with one attached hydrogen (secondary N) is 1. The number of hydrogen-bond donors (Lipinski definition) is 1. The summed E-state index contributed by atoms with van der Waals surface area (Å²) in [5, 5.41) is 2.92. The maximum absolute atomic E-state index is 12.9. The van der Waals surface area contributed by atoms with Gasteiger partial charge in [-0.15, -0.1) is 0 Å². The van der Waals surface area contributed by atoms with E-state index in [2.05, 4.69) is 5.32 Å². The Hall–Kier alpha value is -3.80. The monoisotopic (exact) mass is 446 g/mol. The lowest BCUT2D eigenvalue weighted by Gasteiger charge is -2.26. The highest BCUT2D eigenvalue weighted by Crippen LogP contribution is 2.25. The van der Waals surface area contributed by atoms with Crippen molar-refractivity contribution in [1.29, 1.82) is 0 Å². The van der Waals surface area contributed by atoms with Crippen LogP contribution in [0, 0.1) is 0 Å². The average molecular weight is 447 g/mol. The van der Waals surface area contributed by atoms with Crippen molar-refractivity contribution in [2.24, 2.45) is 0 Å². The van der Waals surface area contributed by atoms with E-state index in [4.69, 9.17) is 9.47 Å². The lowest BCUT2D eigenvalue weighted by Crippen LogP contribution is -2.29. The molecule has 0 aliphatic rings. The van der Waals surface area contributed by atoms with Gasteiger partial charge in [-0.05, 0) is 60.9 Å². The van der Waals surface area contributed by atoms with Gasteiger partial charge in [0.1, 0.15) is 11.5 Å². The topological polar surface area (TPSA) is 67.9 Å². The Balaban J connectivity index is 1.63. The smallest absolute Gasteiger partial charge is 0.255 e. The molecule has 6 heteroatoms. The minimum atomic E-state index is -0.168. The predicted molar refractivity (Wildman–Crippen MR) is 130 cm³/mol. The van der Waals surface area contributed by atoms with Crippen LogP contribution in [0.3, 0.4) is 0 Å². The molecule has 3 aromatic rings. The first kappa shape index (κ1) is 23.9. The second kappa shape index (κ2) is 11.2. The number of nitrogens with zero attached hydrogens (tertiary/aromatic N) is 1. The van der Waals surface area contributed by atoms with E-state index in [0.29, 0.717) is 35.6 Å². The second-order valence-corrected chi connectivity index (χ2v) is 7.85. The zero-order valence-corrected chi connectivity index (χ0v) is 19.5. The number of carbonyl (C=O) groups excluding carboxylic acids is 2. The van der Waals surface area contributed by atoms with Crippen LogP contribution in [0.4, 0.5) is 5.69 Å². The van der Waals surface area contributed by atoms with Crippen LogP contribution >= 0.6 is 0 Å². The number of hydrogen-bond acceptors (Lipinski definition) is 4. The summed E-state index contributed by atoms with van der Waals surface area (Å²) < 4.78 is 10.6. The van der Waals surface area contributed by atoms with E-state index >= 15 is 0 Å². The van der Waals surface area contributed by atoms with Crippen LogP contribution in [0.1, 0.15) is 40.9 Å². The molecule has 0 heterocycles. The number of anilines is 1. The Labute approximate surface area is 195 Å².